The summed E-state index contributed by atoms with van der Waals surface area (Å²) in [5.41, 5.74) is 0.577. The SMILES string of the molecule is Cc1ccc([C@@H](CNC(=O)c2cccc(Cl)c2)N2CCCC2)o1. The van der Waals surface area contributed by atoms with Crippen molar-refractivity contribution in [3.63, 3.8) is 0 Å². The third kappa shape index (κ3) is 3.95. The summed E-state index contributed by atoms with van der Waals surface area (Å²) in [5, 5.41) is 3.58. The lowest BCUT2D eigenvalue weighted by atomic mass is 10.1. The number of carbonyl (C=O) groups is 1. The highest BCUT2D eigenvalue weighted by atomic mass is 35.5. The molecule has 1 N–H and O–H groups in total. The molecule has 1 aromatic carbocycles. The molecule has 23 heavy (non-hydrogen) atoms. The Balaban J connectivity index is 1.70. The van der Waals surface area contributed by atoms with Gasteiger partial charge in [-0.2, -0.15) is 0 Å². The van der Waals surface area contributed by atoms with Crippen LogP contribution in [-0.2, 0) is 0 Å². The zero-order valence-corrected chi connectivity index (χ0v) is 14.0. The number of likely N-dealkylation sites (tertiary alicyclic amines) is 1. The van der Waals surface area contributed by atoms with Crippen molar-refractivity contribution in [1.82, 2.24) is 10.2 Å². The Labute approximate surface area is 141 Å². The summed E-state index contributed by atoms with van der Waals surface area (Å²) < 4.78 is 5.80. The van der Waals surface area contributed by atoms with Gasteiger partial charge in [-0.15, -0.1) is 0 Å². The largest absolute Gasteiger partial charge is 0.465 e. The van der Waals surface area contributed by atoms with Gasteiger partial charge in [-0.1, -0.05) is 17.7 Å². The van der Waals surface area contributed by atoms with Crippen molar-refractivity contribution in [3.8, 4) is 0 Å². The average molecular weight is 333 g/mol. The maximum Gasteiger partial charge on any atom is 0.251 e. The van der Waals surface area contributed by atoms with Gasteiger partial charge in [0.1, 0.15) is 11.5 Å². The summed E-state index contributed by atoms with van der Waals surface area (Å²) in [5.74, 6) is 1.70. The number of amides is 1. The van der Waals surface area contributed by atoms with E-state index in [1.807, 2.05) is 19.1 Å². The monoisotopic (exact) mass is 332 g/mol. The summed E-state index contributed by atoms with van der Waals surface area (Å²) in [4.78, 5) is 14.7. The second-order valence-corrected chi connectivity index (χ2v) is 6.36. The van der Waals surface area contributed by atoms with Crippen molar-refractivity contribution in [1.29, 1.82) is 0 Å². The highest BCUT2D eigenvalue weighted by molar-refractivity contribution is 6.30. The molecular weight excluding hydrogens is 312 g/mol. The first-order valence-corrected chi connectivity index (χ1v) is 8.35. The zero-order chi connectivity index (χ0) is 16.2. The Kier molecular flexibility index (Phi) is 5.03. The topological polar surface area (TPSA) is 45.5 Å². The van der Waals surface area contributed by atoms with Gasteiger partial charge in [0.15, 0.2) is 0 Å². The number of hydrogen-bond acceptors (Lipinski definition) is 3. The minimum Gasteiger partial charge on any atom is -0.465 e. The molecule has 1 atom stereocenters. The minimum atomic E-state index is -0.111. The van der Waals surface area contributed by atoms with Gasteiger partial charge in [0.25, 0.3) is 5.91 Å². The van der Waals surface area contributed by atoms with Crippen LogP contribution in [0.3, 0.4) is 0 Å². The Morgan fingerprint density at radius 3 is 2.74 bits per heavy atom. The van der Waals surface area contributed by atoms with Crippen LogP contribution in [0, 0.1) is 6.92 Å². The Morgan fingerprint density at radius 1 is 1.30 bits per heavy atom. The van der Waals surface area contributed by atoms with Gasteiger partial charge in [0.05, 0.1) is 6.04 Å². The molecule has 1 amide bonds. The van der Waals surface area contributed by atoms with Crippen LogP contribution in [-0.4, -0.2) is 30.4 Å². The van der Waals surface area contributed by atoms with Gasteiger partial charge in [-0.05, 0) is 63.2 Å². The van der Waals surface area contributed by atoms with E-state index in [-0.39, 0.29) is 11.9 Å². The van der Waals surface area contributed by atoms with Gasteiger partial charge in [0, 0.05) is 17.1 Å². The van der Waals surface area contributed by atoms with Gasteiger partial charge >= 0.3 is 0 Å². The Hall–Kier alpha value is -1.78. The van der Waals surface area contributed by atoms with E-state index in [1.165, 1.54) is 12.8 Å². The minimum absolute atomic E-state index is 0.0781. The van der Waals surface area contributed by atoms with Crippen LogP contribution in [0.2, 0.25) is 5.02 Å². The maximum absolute atomic E-state index is 12.3. The van der Waals surface area contributed by atoms with Crippen LogP contribution in [0.4, 0.5) is 0 Å². The molecule has 0 unspecified atom stereocenters. The molecule has 1 aliphatic heterocycles. The van der Waals surface area contributed by atoms with Gasteiger partial charge in [-0.3, -0.25) is 9.69 Å². The van der Waals surface area contributed by atoms with Crippen LogP contribution in [0.15, 0.2) is 40.8 Å². The third-order valence-electron chi connectivity index (χ3n) is 4.21. The van der Waals surface area contributed by atoms with Crippen LogP contribution in [0.1, 0.15) is 40.8 Å². The van der Waals surface area contributed by atoms with Crippen molar-refractivity contribution in [2.75, 3.05) is 19.6 Å². The molecule has 3 rings (SSSR count). The fourth-order valence-corrected chi connectivity index (χ4v) is 3.21. The Bertz CT molecular complexity index is 677. The molecule has 5 heteroatoms. The highest BCUT2D eigenvalue weighted by Crippen LogP contribution is 2.26. The van der Waals surface area contributed by atoms with Crippen molar-refractivity contribution in [2.24, 2.45) is 0 Å². The maximum atomic E-state index is 12.3. The summed E-state index contributed by atoms with van der Waals surface area (Å²) in [6.07, 6.45) is 2.39. The molecule has 2 aromatic rings. The standard InChI is InChI=1S/C18H21ClN2O2/c1-13-7-8-17(23-13)16(21-9-2-3-10-21)12-20-18(22)14-5-4-6-15(19)11-14/h4-8,11,16H,2-3,9-10,12H2,1H3,(H,20,22)/t16-/m1/s1. The van der Waals surface area contributed by atoms with E-state index in [9.17, 15) is 4.79 Å². The van der Waals surface area contributed by atoms with E-state index in [0.29, 0.717) is 17.1 Å². The lowest BCUT2D eigenvalue weighted by Gasteiger charge is -2.26. The molecule has 4 nitrogen and oxygen atoms in total. The lowest BCUT2D eigenvalue weighted by Crippen LogP contribution is -2.36. The van der Waals surface area contributed by atoms with Crippen molar-refractivity contribution in [2.45, 2.75) is 25.8 Å². The van der Waals surface area contributed by atoms with Crippen LogP contribution >= 0.6 is 11.6 Å². The van der Waals surface area contributed by atoms with Crippen molar-refractivity contribution in [3.05, 3.63) is 58.5 Å². The summed E-state index contributed by atoms with van der Waals surface area (Å²) in [6.45, 7) is 4.54. The number of benzene rings is 1. The molecule has 1 fully saturated rings. The number of rotatable bonds is 5. The number of carbonyl (C=O) groups excluding carboxylic acids is 1. The number of hydrogen-bond donors (Lipinski definition) is 1. The summed E-state index contributed by atoms with van der Waals surface area (Å²) >= 11 is 5.95. The molecular formula is C18H21ClN2O2. The second kappa shape index (κ2) is 7.20. The summed E-state index contributed by atoms with van der Waals surface area (Å²) in [6, 6.07) is 11.0. The van der Waals surface area contributed by atoms with Crippen molar-refractivity contribution < 1.29 is 9.21 Å². The van der Waals surface area contributed by atoms with E-state index in [1.54, 1.807) is 24.3 Å². The normalized spacial score (nSPS) is 16.4. The van der Waals surface area contributed by atoms with Crippen molar-refractivity contribution >= 4 is 17.5 Å². The van der Waals surface area contributed by atoms with E-state index in [0.717, 1.165) is 24.6 Å². The fourth-order valence-electron chi connectivity index (χ4n) is 3.02. The predicted octanol–water partition coefficient (Wildman–Crippen LogP) is 3.81. The molecule has 1 aromatic heterocycles. The number of furan rings is 1. The number of halogens is 1. The highest BCUT2D eigenvalue weighted by Gasteiger charge is 2.26. The van der Waals surface area contributed by atoms with Gasteiger partial charge in [0.2, 0.25) is 0 Å². The molecule has 1 aliphatic rings. The molecule has 0 bridgehead atoms. The molecule has 1 saturated heterocycles. The van der Waals surface area contributed by atoms with E-state index < -0.39 is 0 Å². The number of nitrogens with zero attached hydrogens (tertiary/aromatic N) is 1. The predicted molar refractivity (Wildman–Crippen MR) is 90.8 cm³/mol. The van der Waals surface area contributed by atoms with Crippen LogP contribution in [0.5, 0.6) is 0 Å². The lowest BCUT2D eigenvalue weighted by molar-refractivity contribution is 0.0933. The van der Waals surface area contributed by atoms with E-state index in [4.69, 9.17) is 16.0 Å². The molecule has 0 aliphatic carbocycles. The zero-order valence-electron chi connectivity index (χ0n) is 13.2. The average Bonchev–Trinajstić information content (AvgIpc) is 3.20. The number of aryl methyl sites for hydroxylation is 1. The smallest absolute Gasteiger partial charge is 0.251 e. The first-order chi connectivity index (χ1) is 11.1. The third-order valence-corrected chi connectivity index (χ3v) is 4.45. The van der Waals surface area contributed by atoms with Gasteiger partial charge in [-0.25, -0.2) is 0 Å². The van der Waals surface area contributed by atoms with Crippen LogP contribution < -0.4 is 5.32 Å². The Morgan fingerprint density at radius 2 is 2.09 bits per heavy atom. The molecule has 0 radical (unpaired) electrons. The fraction of sp³-hybridized carbons (Fsp3) is 0.389. The number of nitrogens with one attached hydrogen (secondary N) is 1. The van der Waals surface area contributed by atoms with E-state index >= 15 is 0 Å². The van der Waals surface area contributed by atoms with E-state index in [2.05, 4.69) is 10.2 Å². The molecule has 0 saturated carbocycles. The van der Waals surface area contributed by atoms with Gasteiger partial charge < -0.3 is 9.73 Å². The first kappa shape index (κ1) is 16.1. The summed E-state index contributed by atoms with van der Waals surface area (Å²) in [7, 11) is 0. The first-order valence-electron chi connectivity index (χ1n) is 7.97. The quantitative estimate of drug-likeness (QED) is 0.905. The molecule has 122 valence electrons. The molecule has 0 spiro atoms. The van der Waals surface area contributed by atoms with Crippen LogP contribution in [0.25, 0.3) is 0 Å². The second-order valence-electron chi connectivity index (χ2n) is 5.93. The molecule has 2 heterocycles.